The van der Waals surface area contributed by atoms with E-state index in [2.05, 4.69) is 25.8 Å². The number of ether oxygens (including phenoxy) is 1. The first-order chi connectivity index (χ1) is 8.98. The van der Waals surface area contributed by atoms with Gasteiger partial charge >= 0.3 is 0 Å². The molecule has 0 saturated carbocycles. The quantitative estimate of drug-likeness (QED) is 0.786. The van der Waals surface area contributed by atoms with Crippen molar-refractivity contribution < 1.29 is 4.74 Å². The number of nitrogens with zero attached hydrogens (tertiary/aromatic N) is 2. The van der Waals surface area contributed by atoms with Gasteiger partial charge in [-0.25, -0.2) is 4.42 Å². The molecule has 0 bridgehead atoms. The second-order valence-corrected chi connectivity index (χ2v) is 6.15. The Labute approximate surface area is 120 Å². The Hall–Kier alpha value is -1.06. The molecule has 1 aliphatic rings. The summed E-state index contributed by atoms with van der Waals surface area (Å²) in [5, 5.41) is 0. The van der Waals surface area contributed by atoms with Gasteiger partial charge < -0.3 is 4.74 Å². The Morgan fingerprint density at radius 3 is 2.95 bits per heavy atom. The van der Waals surface area contributed by atoms with E-state index in [1.807, 2.05) is 34.9 Å². The molecule has 4 heteroatoms. The number of pyridine rings is 1. The molecule has 0 saturated heterocycles. The van der Waals surface area contributed by atoms with Crippen LogP contribution >= 0.6 is 11.8 Å². The first kappa shape index (κ1) is 14.4. The van der Waals surface area contributed by atoms with Gasteiger partial charge in [0.05, 0.1) is 12.3 Å². The Kier molecular flexibility index (Phi) is 4.48. The van der Waals surface area contributed by atoms with Gasteiger partial charge in [0.15, 0.2) is 0 Å². The SMILES string of the molecule is CC(CN(Cl)C1C=COC(C)(C)C1)c1ccccn1. The molecular formula is C15H21ClN2O. The van der Waals surface area contributed by atoms with Crippen molar-refractivity contribution in [3.05, 3.63) is 42.4 Å². The third-order valence-corrected chi connectivity index (χ3v) is 3.78. The fourth-order valence-corrected chi connectivity index (χ4v) is 2.63. The Morgan fingerprint density at radius 2 is 2.32 bits per heavy atom. The maximum atomic E-state index is 6.43. The van der Waals surface area contributed by atoms with Gasteiger partial charge in [0, 0.05) is 30.8 Å². The van der Waals surface area contributed by atoms with Gasteiger partial charge in [-0.2, -0.15) is 0 Å². The first-order valence-electron chi connectivity index (χ1n) is 6.66. The smallest absolute Gasteiger partial charge is 0.104 e. The highest BCUT2D eigenvalue weighted by atomic mass is 35.5. The first-order valence-corrected chi connectivity index (χ1v) is 6.99. The minimum absolute atomic E-state index is 0.152. The molecule has 1 aliphatic heterocycles. The van der Waals surface area contributed by atoms with E-state index >= 15 is 0 Å². The van der Waals surface area contributed by atoms with Crippen molar-refractivity contribution in [2.75, 3.05) is 6.54 Å². The van der Waals surface area contributed by atoms with Gasteiger partial charge in [-0.3, -0.25) is 4.98 Å². The van der Waals surface area contributed by atoms with Crippen LogP contribution < -0.4 is 0 Å². The molecule has 0 fully saturated rings. The summed E-state index contributed by atoms with van der Waals surface area (Å²) in [7, 11) is 0. The van der Waals surface area contributed by atoms with Gasteiger partial charge in [0.2, 0.25) is 0 Å². The van der Waals surface area contributed by atoms with Crippen LogP contribution in [-0.4, -0.2) is 27.6 Å². The van der Waals surface area contributed by atoms with Gasteiger partial charge in [-0.1, -0.05) is 13.0 Å². The summed E-state index contributed by atoms with van der Waals surface area (Å²) in [6.07, 6.45) is 6.49. The van der Waals surface area contributed by atoms with Crippen molar-refractivity contribution >= 4 is 11.8 Å². The average Bonchev–Trinajstić information content (AvgIpc) is 2.38. The fraction of sp³-hybridized carbons (Fsp3) is 0.533. The maximum Gasteiger partial charge on any atom is 0.104 e. The zero-order valence-electron chi connectivity index (χ0n) is 11.7. The van der Waals surface area contributed by atoms with E-state index in [1.165, 1.54) is 0 Å². The van der Waals surface area contributed by atoms with Crippen molar-refractivity contribution in [3.8, 4) is 0 Å². The summed E-state index contributed by atoms with van der Waals surface area (Å²) >= 11 is 6.43. The molecule has 2 unspecified atom stereocenters. The molecule has 1 aromatic heterocycles. The third-order valence-electron chi connectivity index (χ3n) is 3.39. The van der Waals surface area contributed by atoms with Crippen LogP contribution in [0.3, 0.4) is 0 Å². The van der Waals surface area contributed by atoms with Gasteiger partial charge in [0.1, 0.15) is 5.60 Å². The zero-order chi connectivity index (χ0) is 13.9. The number of hydrogen-bond acceptors (Lipinski definition) is 3. The van der Waals surface area contributed by atoms with Crippen LogP contribution in [0.1, 0.15) is 38.8 Å². The van der Waals surface area contributed by atoms with Crippen LogP contribution in [0, 0.1) is 0 Å². The van der Waals surface area contributed by atoms with E-state index in [4.69, 9.17) is 16.5 Å². The average molecular weight is 281 g/mol. The van der Waals surface area contributed by atoms with E-state index in [1.54, 1.807) is 6.26 Å². The lowest BCUT2D eigenvalue weighted by Crippen LogP contribution is -2.39. The normalized spacial score (nSPS) is 23.1. The summed E-state index contributed by atoms with van der Waals surface area (Å²) in [6, 6.07) is 6.18. The van der Waals surface area contributed by atoms with Crippen LogP contribution in [0.2, 0.25) is 0 Å². The molecule has 0 N–H and O–H groups in total. The van der Waals surface area contributed by atoms with Crippen LogP contribution in [0.5, 0.6) is 0 Å². The van der Waals surface area contributed by atoms with Gasteiger partial charge in [-0.05, 0) is 43.8 Å². The number of aromatic nitrogens is 1. The molecule has 19 heavy (non-hydrogen) atoms. The second kappa shape index (κ2) is 5.93. The largest absolute Gasteiger partial charge is 0.496 e. The summed E-state index contributed by atoms with van der Waals surface area (Å²) in [4.78, 5) is 4.38. The fourth-order valence-electron chi connectivity index (χ4n) is 2.28. The van der Waals surface area contributed by atoms with Crippen molar-refractivity contribution in [1.82, 2.24) is 9.40 Å². The standard InChI is InChI=1S/C15H21ClN2O/c1-12(14-6-4-5-8-17-14)11-18(16)13-7-9-19-15(2,3)10-13/h4-9,12-13H,10-11H2,1-3H3. The predicted molar refractivity (Wildman–Crippen MR) is 77.9 cm³/mol. The Balaban J connectivity index is 1.96. The highest BCUT2D eigenvalue weighted by Gasteiger charge is 2.30. The van der Waals surface area contributed by atoms with Gasteiger partial charge in [-0.15, -0.1) is 0 Å². The topological polar surface area (TPSA) is 25.4 Å². The van der Waals surface area contributed by atoms with Crippen LogP contribution in [0.15, 0.2) is 36.7 Å². The zero-order valence-corrected chi connectivity index (χ0v) is 12.5. The maximum absolute atomic E-state index is 6.43. The molecule has 0 aromatic carbocycles. The molecule has 3 nitrogen and oxygen atoms in total. The highest BCUT2D eigenvalue weighted by Crippen LogP contribution is 2.28. The number of hydrogen-bond donors (Lipinski definition) is 0. The third kappa shape index (κ3) is 3.95. The molecule has 2 atom stereocenters. The number of halogens is 1. The van der Waals surface area contributed by atoms with Crippen LogP contribution in [-0.2, 0) is 4.74 Å². The molecule has 0 aliphatic carbocycles. The lowest BCUT2D eigenvalue weighted by Gasteiger charge is -2.35. The highest BCUT2D eigenvalue weighted by molar-refractivity contribution is 6.13. The summed E-state index contributed by atoms with van der Waals surface area (Å²) in [5.41, 5.74) is 0.921. The van der Waals surface area contributed by atoms with Crippen molar-refractivity contribution in [3.63, 3.8) is 0 Å². The van der Waals surface area contributed by atoms with Crippen LogP contribution in [0.25, 0.3) is 0 Å². The Bertz CT molecular complexity index is 433. The van der Waals surface area contributed by atoms with Crippen molar-refractivity contribution in [1.29, 1.82) is 0 Å². The van der Waals surface area contributed by atoms with E-state index < -0.39 is 0 Å². The molecule has 0 spiro atoms. The minimum atomic E-state index is -0.152. The van der Waals surface area contributed by atoms with Gasteiger partial charge in [0.25, 0.3) is 0 Å². The van der Waals surface area contributed by atoms with Crippen molar-refractivity contribution in [2.45, 2.75) is 44.8 Å². The summed E-state index contributed by atoms with van der Waals surface area (Å²) in [5.74, 6) is 0.304. The Morgan fingerprint density at radius 1 is 1.53 bits per heavy atom. The number of rotatable bonds is 4. The van der Waals surface area contributed by atoms with Crippen LogP contribution in [0.4, 0.5) is 0 Å². The molecule has 0 radical (unpaired) electrons. The summed E-state index contributed by atoms with van der Waals surface area (Å²) in [6.45, 7) is 7.07. The molecule has 0 amide bonds. The lowest BCUT2D eigenvalue weighted by molar-refractivity contribution is 0.0211. The minimum Gasteiger partial charge on any atom is -0.496 e. The predicted octanol–water partition coefficient (Wildman–Crippen LogP) is 3.72. The molecule has 1 aromatic rings. The van der Waals surface area contributed by atoms with E-state index in [9.17, 15) is 0 Å². The van der Waals surface area contributed by atoms with E-state index in [-0.39, 0.29) is 11.6 Å². The molecule has 2 rings (SSSR count). The lowest BCUT2D eigenvalue weighted by atomic mass is 9.96. The summed E-state index contributed by atoms with van der Waals surface area (Å²) < 4.78 is 7.42. The van der Waals surface area contributed by atoms with E-state index in [0.717, 1.165) is 18.7 Å². The van der Waals surface area contributed by atoms with E-state index in [0.29, 0.717) is 5.92 Å². The molecule has 2 heterocycles. The second-order valence-electron chi connectivity index (χ2n) is 5.72. The molecule has 104 valence electrons. The molecular weight excluding hydrogens is 260 g/mol. The monoisotopic (exact) mass is 280 g/mol. The van der Waals surface area contributed by atoms with Crippen molar-refractivity contribution in [2.24, 2.45) is 0 Å².